The van der Waals surface area contributed by atoms with E-state index in [4.69, 9.17) is 9.84 Å². The van der Waals surface area contributed by atoms with Gasteiger partial charge in [-0.3, -0.25) is 0 Å². The average molecular weight is 295 g/mol. The van der Waals surface area contributed by atoms with Gasteiger partial charge in [0.2, 0.25) is 0 Å². The molecule has 3 rings (SSSR count). The van der Waals surface area contributed by atoms with Crippen LogP contribution in [0.1, 0.15) is 6.92 Å². The standard InChI is InChI=1S/C18H17NO3/c1-12(18(20)21)22-16-6-3-13(4-7-16)14-5-8-17-15(11-14)9-10-19(17)2/h3-12H,1-2H3,(H,20,21). The van der Waals surface area contributed by atoms with E-state index >= 15 is 0 Å². The zero-order valence-electron chi connectivity index (χ0n) is 12.5. The minimum atomic E-state index is -0.974. The number of hydrogen-bond donors (Lipinski definition) is 1. The molecule has 0 bridgehead atoms. The molecule has 4 heteroatoms. The number of aryl methyl sites for hydroxylation is 1. The highest BCUT2D eigenvalue weighted by Crippen LogP contribution is 2.26. The molecule has 2 aromatic carbocycles. The maximum atomic E-state index is 10.8. The van der Waals surface area contributed by atoms with Gasteiger partial charge in [0.05, 0.1) is 0 Å². The smallest absolute Gasteiger partial charge is 0.344 e. The summed E-state index contributed by atoms with van der Waals surface area (Å²) in [4.78, 5) is 10.8. The third kappa shape index (κ3) is 2.68. The summed E-state index contributed by atoms with van der Waals surface area (Å²) >= 11 is 0. The van der Waals surface area contributed by atoms with Crippen molar-refractivity contribution in [1.29, 1.82) is 0 Å². The molecular formula is C18H17NO3. The van der Waals surface area contributed by atoms with Crippen molar-refractivity contribution >= 4 is 16.9 Å². The highest BCUT2D eigenvalue weighted by atomic mass is 16.5. The summed E-state index contributed by atoms with van der Waals surface area (Å²) in [6.07, 6.45) is 1.19. The van der Waals surface area contributed by atoms with E-state index in [0.717, 1.165) is 11.1 Å². The van der Waals surface area contributed by atoms with Crippen molar-refractivity contribution in [3.8, 4) is 16.9 Å². The summed E-state index contributed by atoms with van der Waals surface area (Å²) in [7, 11) is 2.03. The summed E-state index contributed by atoms with van der Waals surface area (Å²) in [5.74, 6) is -0.418. The van der Waals surface area contributed by atoms with Crippen LogP contribution in [0.5, 0.6) is 5.75 Å². The number of rotatable bonds is 4. The second-order valence-corrected chi connectivity index (χ2v) is 5.32. The Hall–Kier alpha value is -2.75. The van der Waals surface area contributed by atoms with E-state index < -0.39 is 12.1 Å². The monoisotopic (exact) mass is 295 g/mol. The summed E-state index contributed by atoms with van der Waals surface area (Å²) in [5, 5.41) is 10.0. The molecular weight excluding hydrogens is 278 g/mol. The molecule has 22 heavy (non-hydrogen) atoms. The number of hydrogen-bond acceptors (Lipinski definition) is 2. The van der Waals surface area contributed by atoms with Gasteiger partial charge in [-0.15, -0.1) is 0 Å². The maximum Gasteiger partial charge on any atom is 0.344 e. The first-order valence-electron chi connectivity index (χ1n) is 7.09. The first-order valence-corrected chi connectivity index (χ1v) is 7.09. The van der Waals surface area contributed by atoms with Crippen molar-refractivity contribution in [3.63, 3.8) is 0 Å². The van der Waals surface area contributed by atoms with Gasteiger partial charge in [-0.1, -0.05) is 18.2 Å². The number of aliphatic carboxylic acids is 1. The van der Waals surface area contributed by atoms with Crippen molar-refractivity contribution in [2.24, 2.45) is 7.05 Å². The van der Waals surface area contributed by atoms with Gasteiger partial charge in [0.15, 0.2) is 6.10 Å². The van der Waals surface area contributed by atoms with Crippen LogP contribution in [0.3, 0.4) is 0 Å². The van der Waals surface area contributed by atoms with E-state index in [1.54, 1.807) is 12.1 Å². The lowest BCUT2D eigenvalue weighted by Gasteiger charge is -2.11. The number of carboxylic acids is 1. The topological polar surface area (TPSA) is 51.5 Å². The van der Waals surface area contributed by atoms with Crippen LogP contribution in [0.2, 0.25) is 0 Å². The molecule has 0 amide bonds. The number of benzene rings is 2. The lowest BCUT2D eigenvalue weighted by atomic mass is 10.0. The second kappa shape index (κ2) is 5.56. The number of carboxylic acid groups (broad SMARTS) is 1. The third-order valence-corrected chi connectivity index (χ3v) is 3.73. The van der Waals surface area contributed by atoms with Crippen molar-refractivity contribution in [2.45, 2.75) is 13.0 Å². The Morgan fingerprint density at radius 2 is 1.77 bits per heavy atom. The van der Waals surface area contributed by atoms with E-state index in [1.165, 1.54) is 17.8 Å². The maximum absolute atomic E-state index is 10.8. The SMILES string of the molecule is CC(Oc1ccc(-c2ccc3c(ccn3C)c2)cc1)C(=O)O. The normalized spacial score (nSPS) is 12.3. The average Bonchev–Trinajstić information content (AvgIpc) is 2.89. The molecule has 0 aliphatic carbocycles. The molecule has 1 aromatic heterocycles. The van der Waals surface area contributed by atoms with E-state index in [0.29, 0.717) is 5.75 Å². The van der Waals surface area contributed by atoms with Gasteiger partial charge >= 0.3 is 5.97 Å². The molecule has 0 spiro atoms. The van der Waals surface area contributed by atoms with E-state index in [1.807, 2.05) is 25.4 Å². The molecule has 112 valence electrons. The minimum absolute atomic E-state index is 0.555. The Labute approximate surface area is 128 Å². The Kier molecular flexibility index (Phi) is 3.59. The van der Waals surface area contributed by atoms with Crippen molar-refractivity contribution in [3.05, 3.63) is 54.7 Å². The van der Waals surface area contributed by atoms with Crippen molar-refractivity contribution in [2.75, 3.05) is 0 Å². The van der Waals surface area contributed by atoms with Gasteiger partial charge in [0.25, 0.3) is 0 Å². The summed E-state index contributed by atoms with van der Waals surface area (Å²) < 4.78 is 7.42. The highest BCUT2D eigenvalue weighted by molar-refractivity contribution is 5.85. The first kappa shape index (κ1) is 14.2. The number of ether oxygens (including phenoxy) is 1. The molecule has 0 saturated carbocycles. The molecule has 0 aliphatic heterocycles. The molecule has 0 saturated heterocycles. The molecule has 1 unspecified atom stereocenters. The number of nitrogens with zero attached hydrogens (tertiary/aromatic N) is 1. The third-order valence-electron chi connectivity index (χ3n) is 3.73. The van der Waals surface area contributed by atoms with Gasteiger partial charge in [-0.05, 0) is 48.4 Å². The van der Waals surface area contributed by atoms with E-state index in [-0.39, 0.29) is 0 Å². The Bertz CT molecular complexity index is 818. The van der Waals surface area contributed by atoms with Gasteiger partial charge < -0.3 is 14.4 Å². The quantitative estimate of drug-likeness (QED) is 0.798. The van der Waals surface area contributed by atoms with Crippen LogP contribution in [0.4, 0.5) is 0 Å². The predicted molar refractivity (Wildman–Crippen MR) is 86.1 cm³/mol. The Balaban J connectivity index is 1.86. The van der Waals surface area contributed by atoms with Gasteiger partial charge in [-0.2, -0.15) is 0 Å². The fourth-order valence-electron chi connectivity index (χ4n) is 2.44. The number of carbonyl (C=O) groups is 1. The van der Waals surface area contributed by atoms with Gasteiger partial charge in [0.1, 0.15) is 5.75 Å². The predicted octanol–water partition coefficient (Wildman–Crippen LogP) is 3.70. The molecule has 1 heterocycles. The molecule has 1 atom stereocenters. The second-order valence-electron chi connectivity index (χ2n) is 5.32. The molecule has 3 aromatic rings. The lowest BCUT2D eigenvalue weighted by molar-refractivity contribution is -0.144. The summed E-state index contributed by atoms with van der Waals surface area (Å²) in [6, 6.07) is 15.9. The van der Waals surface area contributed by atoms with E-state index in [9.17, 15) is 4.79 Å². The molecule has 1 N–H and O–H groups in total. The molecule has 0 fully saturated rings. The van der Waals surface area contributed by atoms with Crippen LogP contribution >= 0.6 is 0 Å². The highest BCUT2D eigenvalue weighted by Gasteiger charge is 2.12. The lowest BCUT2D eigenvalue weighted by Crippen LogP contribution is -2.22. The van der Waals surface area contributed by atoms with Crippen LogP contribution in [0, 0.1) is 0 Å². The summed E-state index contributed by atoms with van der Waals surface area (Å²) in [6.45, 7) is 1.51. The van der Waals surface area contributed by atoms with E-state index in [2.05, 4.69) is 28.8 Å². The van der Waals surface area contributed by atoms with Crippen LogP contribution < -0.4 is 4.74 Å². The van der Waals surface area contributed by atoms with Crippen LogP contribution in [0.15, 0.2) is 54.7 Å². The zero-order valence-corrected chi connectivity index (χ0v) is 12.5. The summed E-state index contributed by atoms with van der Waals surface area (Å²) in [5.41, 5.74) is 3.39. The fraction of sp³-hybridized carbons (Fsp3) is 0.167. The molecule has 0 aliphatic rings. The number of fused-ring (bicyclic) bond motifs is 1. The van der Waals surface area contributed by atoms with Crippen molar-refractivity contribution < 1.29 is 14.6 Å². The largest absolute Gasteiger partial charge is 0.479 e. The molecule has 0 radical (unpaired) electrons. The fourth-order valence-corrected chi connectivity index (χ4v) is 2.44. The minimum Gasteiger partial charge on any atom is -0.479 e. The van der Waals surface area contributed by atoms with Gasteiger partial charge in [-0.25, -0.2) is 4.79 Å². The first-order chi connectivity index (χ1) is 10.5. The molecule has 4 nitrogen and oxygen atoms in total. The van der Waals surface area contributed by atoms with Crippen LogP contribution in [-0.2, 0) is 11.8 Å². The van der Waals surface area contributed by atoms with Crippen molar-refractivity contribution in [1.82, 2.24) is 4.57 Å². The Morgan fingerprint density at radius 1 is 1.09 bits per heavy atom. The van der Waals surface area contributed by atoms with Crippen LogP contribution in [-0.4, -0.2) is 21.7 Å². The zero-order chi connectivity index (χ0) is 15.7. The van der Waals surface area contributed by atoms with Gasteiger partial charge in [0, 0.05) is 24.1 Å². The number of aromatic nitrogens is 1. The van der Waals surface area contributed by atoms with Crippen LogP contribution in [0.25, 0.3) is 22.0 Å². The Morgan fingerprint density at radius 3 is 2.45 bits per heavy atom.